The highest BCUT2D eigenvalue weighted by molar-refractivity contribution is 7.89. The number of hydrogen-bond donors (Lipinski definition) is 1. The lowest BCUT2D eigenvalue weighted by atomic mass is 9.97. The van der Waals surface area contributed by atoms with Crippen LogP contribution in [0.1, 0.15) is 19.8 Å². The lowest BCUT2D eigenvalue weighted by Gasteiger charge is -2.30. The van der Waals surface area contributed by atoms with Crippen molar-refractivity contribution in [2.24, 2.45) is 5.92 Å². The molecule has 1 saturated heterocycles. The van der Waals surface area contributed by atoms with E-state index in [9.17, 15) is 13.2 Å². The monoisotopic (exact) mass is 363 g/mol. The number of sulfonamides is 1. The minimum atomic E-state index is -3.17. The average Bonchev–Trinajstić information content (AvgIpc) is 3.17. The third-order valence-electron chi connectivity index (χ3n) is 4.40. The Labute approximate surface area is 146 Å². The normalized spacial score (nSPS) is 16.7. The van der Waals surface area contributed by atoms with Crippen LogP contribution >= 0.6 is 0 Å². The Bertz CT molecular complexity index is 810. The molecule has 2 aromatic rings. The van der Waals surface area contributed by atoms with E-state index in [4.69, 9.17) is 0 Å². The van der Waals surface area contributed by atoms with Gasteiger partial charge in [-0.05, 0) is 44.0 Å². The van der Waals surface area contributed by atoms with Crippen LogP contribution in [0.3, 0.4) is 0 Å². The maximum Gasteiger partial charge on any atom is 0.227 e. The molecule has 1 amide bonds. The molecule has 9 heteroatoms. The van der Waals surface area contributed by atoms with Crippen molar-refractivity contribution < 1.29 is 13.2 Å². The van der Waals surface area contributed by atoms with Crippen LogP contribution in [0, 0.1) is 5.92 Å². The first-order chi connectivity index (χ1) is 12.0. The molecule has 134 valence electrons. The number of nitrogens with zero attached hydrogens (tertiary/aromatic N) is 4. The summed E-state index contributed by atoms with van der Waals surface area (Å²) >= 11 is 0. The highest BCUT2D eigenvalue weighted by Gasteiger charge is 2.30. The molecule has 25 heavy (non-hydrogen) atoms. The smallest absolute Gasteiger partial charge is 0.227 e. The number of carbonyl (C=O) groups excluding carboxylic acids is 1. The lowest BCUT2D eigenvalue weighted by Crippen LogP contribution is -2.42. The maximum absolute atomic E-state index is 12.4. The number of aromatic nitrogens is 3. The van der Waals surface area contributed by atoms with Gasteiger partial charge in [-0.2, -0.15) is 5.10 Å². The molecule has 8 nitrogen and oxygen atoms in total. The Kier molecular flexibility index (Phi) is 5.14. The number of nitrogens with one attached hydrogen (secondary N) is 1. The zero-order valence-corrected chi connectivity index (χ0v) is 14.8. The summed E-state index contributed by atoms with van der Waals surface area (Å²) in [6.45, 7) is 2.44. The van der Waals surface area contributed by atoms with Gasteiger partial charge in [-0.15, -0.1) is 0 Å². The van der Waals surface area contributed by atoms with E-state index in [-0.39, 0.29) is 17.6 Å². The molecule has 0 aliphatic carbocycles. The Hall–Kier alpha value is -2.26. The van der Waals surface area contributed by atoms with Crippen molar-refractivity contribution in [3.8, 4) is 5.69 Å². The Morgan fingerprint density at radius 2 is 1.92 bits per heavy atom. The molecular formula is C16H21N5O3S. The minimum absolute atomic E-state index is 0.0675. The van der Waals surface area contributed by atoms with Crippen LogP contribution in [0.2, 0.25) is 0 Å². The third-order valence-corrected chi connectivity index (χ3v) is 6.28. The molecule has 0 unspecified atom stereocenters. The minimum Gasteiger partial charge on any atom is -0.326 e. The van der Waals surface area contributed by atoms with Gasteiger partial charge in [0.2, 0.25) is 15.9 Å². The molecule has 0 spiro atoms. The van der Waals surface area contributed by atoms with E-state index in [0.717, 1.165) is 5.69 Å². The number of rotatable bonds is 5. The van der Waals surface area contributed by atoms with Gasteiger partial charge in [-0.3, -0.25) is 4.79 Å². The molecule has 0 bridgehead atoms. The molecular weight excluding hydrogens is 342 g/mol. The Balaban J connectivity index is 1.56. The predicted molar refractivity (Wildman–Crippen MR) is 93.7 cm³/mol. The standard InChI is InChI=1S/C16H21N5O3S/c1-2-25(23,24)20-9-7-13(8-10-20)16(22)19-14-3-5-15(6-4-14)21-12-17-11-18-21/h3-6,11-13H,2,7-10H2,1H3,(H,19,22). The zero-order valence-electron chi connectivity index (χ0n) is 14.0. The van der Waals surface area contributed by atoms with Gasteiger partial charge >= 0.3 is 0 Å². The van der Waals surface area contributed by atoms with Gasteiger partial charge in [0.15, 0.2) is 0 Å². The fourth-order valence-electron chi connectivity index (χ4n) is 2.86. The fourth-order valence-corrected chi connectivity index (χ4v) is 3.99. The van der Waals surface area contributed by atoms with Crippen molar-refractivity contribution >= 4 is 21.6 Å². The second kappa shape index (κ2) is 7.32. The first-order valence-corrected chi connectivity index (χ1v) is 9.84. The van der Waals surface area contributed by atoms with Gasteiger partial charge < -0.3 is 5.32 Å². The molecule has 1 fully saturated rings. The lowest BCUT2D eigenvalue weighted by molar-refractivity contribution is -0.120. The molecule has 1 aromatic carbocycles. The van der Waals surface area contributed by atoms with Crippen LogP contribution in [0.5, 0.6) is 0 Å². The highest BCUT2D eigenvalue weighted by Crippen LogP contribution is 2.22. The number of benzene rings is 1. The van der Waals surface area contributed by atoms with Crippen molar-refractivity contribution in [2.45, 2.75) is 19.8 Å². The molecule has 1 aliphatic heterocycles. The van der Waals surface area contributed by atoms with E-state index in [1.165, 1.54) is 10.6 Å². The molecule has 1 aromatic heterocycles. The Morgan fingerprint density at radius 1 is 1.24 bits per heavy atom. The summed E-state index contributed by atoms with van der Waals surface area (Å²) in [4.78, 5) is 16.3. The SMILES string of the molecule is CCS(=O)(=O)N1CCC(C(=O)Nc2ccc(-n3cncn3)cc2)CC1. The molecule has 1 N–H and O–H groups in total. The van der Waals surface area contributed by atoms with Crippen LogP contribution in [-0.4, -0.2) is 52.2 Å². The van der Waals surface area contributed by atoms with Crippen molar-refractivity contribution in [1.29, 1.82) is 0 Å². The van der Waals surface area contributed by atoms with E-state index >= 15 is 0 Å². The predicted octanol–water partition coefficient (Wildman–Crippen LogP) is 1.27. The van der Waals surface area contributed by atoms with Gasteiger partial charge in [0.05, 0.1) is 11.4 Å². The summed E-state index contributed by atoms with van der Waals surface area (Å²) < 4.78 is 26.8. The van der Waals surface area contributed by atoms with Gasteiger partial charge in [-0.25, -0.2) is 22.4 Å². The summed E-state index contributed by atoms with van der Waals surface area (Å²) in [5, 5.41) is 6.95. The van der Waals surface area contributed by atoms with Gasteiger partial charge in [0.25, 0.3) is 0 Å². The van der Waals surface area contributed by atoms with E-state index in [2.05, 4.69) is 15.4 Å². The highest BCUT2D eigenvalue weighted by atomic mass is 32.2. The van der Waals surface area contributed by atoms with Crippen molar-refractivity contribution in [2.75, 3.05) is 24.2 Å². The zero-order chi connectivity index (χ0) is 17.9. The topological polar surface area (TPSA) is 97.2 Å². The van der Waals surface area contributed by atoms with Crippen molar-refractivity contribution in [3.05, 3.63) is 36.9 Å². The summed E-state index contributed by atoms with van der Waals surface area (Å²) in [7, 11) is -3.17. The summed E-state index contributed by atoms with van der Waals surface area (Å²) in [6, 6.07) is 7.32. The van der Waals surface area contributed by atoms with E-state index < -0.39 is 10.0 Å². The first-order valence-electron chi connectivity index (χ1n) is 8.23. The molecule has 0 atom stereocenters. The van der Waals surface area contributed by atoms with Crippen molar-refractivity contribution in [3.63, 3.8) is 0 Å². The van der Waals surface area contributed by atoms with Gasteiger partial charge in [0, 0.05) is 24.7 Å². The maximum atomic E-state index is 12.4. The van der Waals surface area contributed by atoms with E-state index in [1.54, 1.807) is 17.9 Å². The van der Waals surface area contributed by atoms with Gasteiger partial charge in [-0.1, -0.05) is 0 Å². The van der Waals surface area contributed by atoms with Crippen LogP contribution in [0.4, 0.5) is 5.69 Å². The summed E-state index contributed by atoms with van der Waals surface area (Å²) in [5.41, 5.74) is 1.56. The number of piperidine rings is 1. The molecule has 2 heterocycles. The number of hydrogen-bond acceptors (Lipinski definition) is 5. The first kappa shape index (κ1) is 17.6. The largest absolute Gasteiger partial charge is 0.326 e. The molecule has 3 rings (SSSR count). The molecule has 0 radical (unpaired) electrons. The van der Waals surface area contributed by atoms with Crippen LogP contribution in [0.25, 0.3) is 5.69 Å². The summed E-state index contributed by atoms with van der Waals surface area (Å²) in [6.07, 6.45) is 4.15. The van der Waals surface area contributed by atoms with Crippen LogP contribution in [0.15, 0.2) is 36.9 Å². The van der Waals surface area contributed by atoms with Crippen LogP contribution < -0.4 is 5.32 Å². The molecule has 0 saturated carbocycles. The summed E-state index contributed by atoms with van der Waals surface area (Å²) in [5.74, 6) is -0.137. The molecule has 1 aliphatic rings. The third kappa shape index (κ3) is 4.05. The fraction of sp³-hybridized carbons (Fsp3) is 0.438. The average molecular weight is 363 g/mol. The van der Waals surface area contributed by atoms with Crippen LogP contribution in [-0.2, 0) is 14.8 Å². The van der Waals surface area contributed by atoms with Gasteiger partial charge in [0.1, 0.15) is 12.7 Å². The number of carbonyl (C=O) groups is 1. The van der Waals surface area contributed by atoms with Crippen molar-refractivity contribution in [1.82, 2.24) is 19.1 Å². The Morgan fingerprint density at radius 3 is 2.48 bits per heavy atom. The second-order valence-corrected chi connectivity index (χ2v) is 8.21. The second-order valence-electron chi connectivity index (χ2n) is 5.95. The van der Waals surface area contributed by atoms with E-state index in [1.807, 2.05) is 24.3 Å². The number of anilines is 1. The number of amides is 1. The van der Waals surface area contributed by atoms with E-state index in [0.29, 0.717) is 31.6 Å². The quantitative estimate of drug-likeness (QED) is 0.863.